The molecule has 1 saturated heterocycles. The van der Waals surface area contributed by atoms with Gasteiger partial charge in [-0.15, -0.1) is 0 Å². The Balaban J connectivity index is 2.19. The molecule has 1 aliphatic heterocycles. The van der Waals surface area contributed by atoms with Crippen LogP contribution >= 0.6 is 0 Å². The quantitative estimate of drug-likeness (QED) is 0.718. The summed E-state index contributed by atoms with van der Waals surface area (Å²) in [6.07, 6.45) is 3.20. The maximum absolute atomic E-state index is 11.8. The second-order valence-corrected chi connectivity index (χ2v) is 3.95. The lowest BCUT2D eigenvalue weighted by atomic mass is 10.2. The molecule has 1 atom stereocenters. The maximum Gasteiger partial charge on any atom is 0.243 e. The number of anilines is 1. The largest absolute Gasteiger partial charge is 0.494 e. The number of amides is 1. The minimum Gasteiger partial charge on any atom is -0.494 e. The first-order valence-electron chi connectivity index (χ1n) is 5.81. The molecule has 1 fully saturated rings. The van der Waals surface area contributed by atoms with E-state index in [-0.39, 0.29) is 11.9 Å². The summed E-state index contributed by atoms with van der Waals surface area (Å²) in [5.41, 5.74) is 0. The molecule has 98 valence electrons. The number of likely N-dealkylation sites (N-methyl/N-ethyl adjacent to an activating group) is 1. The van der Waals surface area contributed by atoms with E-state index in [4.69, 9.17) is 4.74 Å². The smallest absolute Gasteiger partial charge is 0.243 e. The Morgan fingerprint density at radius 2 is 2.28 bits per heavy atom. The number of methoxy groups -OCH3 is 1. The predicted molar refractivity (Wildman–Crippen MR) is 66.7 cm³/mol. The van der Waals surface area contributed by atoms with E-state index in [2.05, 4.69) is 20.6 Å². The summed E-state index contributed by atoms with van der Waals surface area (Å²) in [5.74, 6) is 1.11. The van der Waals surface area contributed by atoms with Crippen molar-refractivity contribution >= 4 is 11.9 Å². The van der Waals surface area contributed by atoms with Crippen LogP contribution in [0.3, 0.4) is 0 Å². The maximum atomic E-state index is 11.8. The predicted octanol–water partition coefficient (Wildman–Crippen LogP) is -0.991. The summed E-state index contributed by atoms with van der Waals surface area (Å²) in [4.78, 5) is 22.1. The van der Waals surface area contributed by atoms with Crippen LogP contribution < -0.4 is 20.3 Å². The number of piperazine rings is 1. The van der Waals surface area contributed by atoms with Gasteiger partial charge in [0.05, 0.1) is 19.5 Å². The number of nitrogens with zero attached hydrogens (tertiary/aromatic N) is 3. The summed E-state index contributed by atoms with van der Waals surface area (Å²) < 4.78 is 5.02. The molecule has 18 heavy (non-hydrogen) atoms. The van der Waals surface area contributed by atoms with Gasteiger partial charge in [0.25, 0.3) is 0 Å². The second-order valence-electron chi connectivity index (χ2n) is 3.95. The zero-order valence-electron chi connectivity index (χ0n) is 10.5. The van der Waals surface area contributed by atoms with Crippen LogP contribution in [0.4, 0.5) is 5.95 Å². The molecule has 7 nitrogen and oxygen atoms in total. The first kappa shape index (κ1) is 12.6. The number of rotatable bonds is 3. The van der Waals surface area contributed by atoms with Gasteiger partial charge in [-0.05, 0) is 0 Å². The topological polar surface area (TPSA) is 79.4 Å². The molecule has 1 unspecified atom stereocenters. The molecule has 1 aromatic rings. The van der Waals surface area contributed by atoms with Gasteiger partial charge in [-0.2, -0.15) is 0 Å². The normalized spacial score (nSPS) is 19.4. The van der Waals surface area contributed by atoms with Crippen molar-refractivity contribution in [2.24, 2.45) is 0 Å². The molecular formula is C11H17N5O2. The molecule has 2 N–H and O–H groups in total. The van der Waals surface area contributed by atoms with Crippen molar-refractivity contribution in [1.29, 1.82) is 0 Å². The second kappa shape index (κ2) is 5.63. The van der Waals surface area contributed by atoms with Crippen molar-refractivity contribution in [3.63, 3.8) is 0 Å². The van der Waals surface area contributed by atoms with Crippen molar-refractivity contribution in [1.82, 2.24) is 20.6 Å². The van der Waals surface area contributed by atoms with E-state index in [1.165, 1.54) is 0 Å². The number of hydrogen-bond donors (Lipinski definition) is 2. The number of carbonyl (C=O) groups excluding carboxylic acids is 1. The van der Waals surface area contributed by atoms with E-state index in [1.807, 2.05) is 4.90 Å². The third-order valence-electron chi connectivity index (χ3n) is 2.90. The molecular weight excluding hydrogens is 234 g/mol. The third kappa shape index (κ3) is 2.51. The van der Waals surface area contributed by atoms with Crippen molar-refractivity contribution < 1.29 is 9.53 Å². The molecule has 2 rings (SSSR count). The van der Waals surface area contributed by atoms with Crippen LogP contribution in [0.15, 0.2) is 12.4 Å². The number of nitrogens with one attached hydrogen (secondary N) is 2. The Morgan fingerprint density at radius 1 is 1.56 bits per heavy atom. The summed E-state index contributed by atoms with van der Waals surface area (Å²) in [5, 5.41) is 5.85. The van der Waals surface area contributed by atoms with Crippen LogP contribution in [0, 0.1) is 0 Å². The van der Waals surface area contributed by atoms with Crippen LogP contribution in [-0.2, 0) is 4.79 Å². The monoisotopic (exact) mass is 251 g/mol. The Bertz CT molecular complexity index is 408. The molecule has 7 heteroatoms. The van der Waals surface area contributed by atoms with Crippen molar-refractivity contribution in [3.8, 4) is 5.75 Å². The lowest BCUT2D eigenvalue weighted by Gasteiger charge is -2.34. The molecule has 0 aliphatic carbocycles. The average molecular weight is 251 g/mol. The first-order chi connectivity index (χ1) is 8.76. The standard InChI is InChI=1S/C11H17N5O2/c1-12-10(17)9-7-13-3-4-16(9)11-14-5-8(18-2)6-15-11/h5-6,9,13H,3-4,7H2,1-2H3,(H,12,17). The molecule has 0 bridgehead atoms. The molecule has 1 aliphatic rings. The highest BCUT2D eigenvalue weighted by molar-refractivity contribution is 5.85. The van der Waals surface area contributed by atoms with Gasteiger partial charge in [0, 0.05) is 26.7 Å². The van der Waals surface area contributed by atoms with E-state index in [9.17, 15) is 4.79 Å². The van der Waals surface area contributed by atoms with E-state index in [0.29, 0.717) is 24.8 Å². The van der Waals surface area contributed by atoms with Crippen molar-refractivity contribution in [2.75, 3.05) is 38.7 Å². The lowest BCUT2D eigenvalue weighted by molar-refractivity contribution is -0.122. The van der Waals surface area contributed by atoms with E-state index < -0.39 is 0 Å². The SMILES string of the molecule is CNC(=O)C1CNCCN1c1ncc(OC)cn1. The minimum absolute atomic E-state index is 0.0402. The van der Waals surface area contributed by atoms with Gasteiger partial charge in [-0.1, -0.05) is 0 Å². The summed E-state index contributed by atoms with van der Waals surface area (Å²) >= 11 is 0. The molecule has 2 heterocycles. The molecule has 1 amide bonds. The van der Waals surface area contributed by atoms with Gasteiger partial charge in [0.15, 0.2) is 5.75 Å². The molecule has 0 radical (unpaired) electrons. The Hall–Kier alpha value is -1.89. The highest BCUT2D eigenvalue weighted by Crippen LogP contribution is 2.15. The van der Waals surface area contributed by atoms with Crippen LogP contribution in [0.1, 0.15) is 0 Å². The Morgan fingerprint density at radius 3 is 2.89 bits per heavy atom. The zero-order chi connectivity index (χ0) is 13.0. The van der Waals surface area contributed by atoms with Crippen LogP contribution in [0.5, 0.6) is 5.75 Å². The van der Waals surface area contributed by atoms with E-state index in [0.717, 1.165) is 6.54 Å². The Labute approximate surface area is 106 Å². The number of hydrogen-bond acceptors (Lipinski definition) is 6. The summed E-state index contributed by atoms with van der Waals surface area (Å²) in [6, 6.07) is -0.280. The van der Waals surface area contributed by atoms with Crippen LogP contribution in [-0.4, -0.2) is 55.7 Å². The highest BCUT2D eigenvalue weighted by Gasteiger charge is 2.29. The molecule has 0 saturated carbocycles. The molecule has 1 aromatic heterocycles. The average Bonchev–Trinajstić information content (AvgIpc) is 2.46. The minimum atomic E-state index is -0.280. The van der Waals surface area contributed by atoms with Gasteiger partial charge < -0.3 is 20.3 Å². The fraction of sp³-hybridized carbons (Fsp3) is 0.545. The van der Waals surface area contributed by atoms with Crippen molar-refractivity contribution in [2.45, 2.75) is 6.04 Å². The van der Waals surface area contributed by atoms with Gasteiger partial charge in [0.1, 0.15) is 6.04 Å². The fourth-order valence-electron chi connectivity index (χ4n) is 1.91. The highest BCUT2D eigenvalue weighted by atomic mass is 16.5. The number of aromatic nitrogens is 2. The molecule has 0 spiro atoms. The van der Waals surface area contributed by atoms with Gasteiger partial charge in [0.2, 0.25) is 11.9 Å². The first-order valence-corrected chi connectivity index (χ1v) is 5.81. The lowest BCUT2D eigenvalue weighted by Crippen LogP contribution is -2.58. The van der Waals surface area contributed by atoms with Gasteiger partial charge >= 0.3 is 0 Å². The third-order valence-corrected chi connectivity index (χ3v) is 2.90. The zero-order valence-corrected chi connectivity index (χ0v) is 10.5. The molecule has 0 aromatic carbocycles. The summed E-state index contributed by atoms with van der Waals surface area (Å²) in [6.45, 7) is 2.10. The number of ether oxygens (including phenoxy) is 1. The fourth-order valence-corrected chi connectivity index (χ4v) is 1.91. The van der Waals surface area contributed by atoms with E-state index in [1.54, 1.807) is 26.6 Å². The van der Waals surface area contributed by atoms with Gasteiger partial charge in [-0.3, -0.25) is 4.79 Å². The van der Waals surface area contributed by atoms with Crippen LogP contribution in [0.25, 0.3) is 0 Å². The summed E-state index contributed by atoms with van der Waals surface area (Å²) in [7, 11) is 3.19. The Kier molecular flexibility index (Phi) is 3.93. The number of carbonyl (C=O) groups is 1. The van der Waals surface area contributed by atoms with Gasteiger partial charge in [-0.25, -0.2) is 9.97 Å². The van der Waals surface area contributed by atoms with E-state index >= 15 is 0 Å². The van der Waals surface area contributed by atoms with Crippen LogP contribution in [0.2, 0.25) is 0 Å². The van der Waals surface area contributed by atoms with Crippen molar-refractivity contribution in [3.05, 3.63) is 12.4 Å².